The topological polar surface area (TPSA) is 50.2 Å². The van der Waals surface area contributed by atoms with Crippen LogP contribution in [0.1, 0.15) is 29.3 Å². The van der Waals surface area contributed by atoms with E-state index in [-0.39, 0.29) is 6.42 Å². The monoisotopic (exact) mass is 233 g/mol. The molecule has 0 amide bonds. The van der Waals surface area contributed by atoms with E-state index in [0.29, 0.717) is 5.92 Å². The fraction of sp³-hybridized carbons (Fsp3) is 0.333. The first-order chi connectivity index (χ1) is 7.74. The number of aliphatic carboxylic acids is 1. The molecule has 0 unspecified atom stereocenters. The molecular weight excluding hydrogens is 222 g/mol. The predicted molar refractivity (Wildman–Crippen MR) is 62.9 cm³/mol. The van der Waals surface area contributed by atoms with Gasteiger partial charge in [0.15, 0.2) is 0 Å². The molecule has 82 valence electrons. The second-order valence-electron chi connectivity index (χ2n) is 4.16. The maximum absolute atomic E-state index is 10.7. The van der Waals surface area contributed by atoms with E-state index in [0.717, 1.165) is 15.8 Å². The summed E-state index contributed by atoms with van der Waals surface area (Å²) in [6, 6.07) is 5.78. The van der Waals surface area contributed by atoms with Gasteiger partial charge in [-0.1, -0.05) is 12.1 Å². The van der Waals surface area contributed by atoms with E-state index in [9.17, 15) is 4.79 Å². The third-order valence-electron chi connectivity index (χ3n) is 2.79. The molecule has 0 atom stereocenters. The summed E-state index contributed by atoms with van der Waals surface area (Å²) >= 11 is 1.71. The van der Waals surface area contributed by atoms with Crippen LogP contribution in [0.2, 0.25) is 0 Å². The van der Waals surface area contributed by atoms with Gasteiger partial charge in [0, 0.05) is 5.92 Å². The first kappa shape index (κ1) is 9.78. The maximum atomic E-state index is 10.7. The van der Waals surface area contributed by atoms with Crippen LogP contribution < -0.4 is 0 Å². The van der Waals surface area contributed by atoms with Crippen LogP contribution in [0.3, 0.4) is 0 Å². The molecule has 1 N–H and O–H groups in total. The minimum absolute atomic E-state index is 0.0607. The Bertz CT molecular complexity index is 557. The number of carboxylic acid groups (broad SMARTS) is 1. The van der Waals surface area contributed by atoms with E-state index in [4.69, 9.17) is 5.11 Å². The first-order valence-corrected chi connectivity index (χ1v) is 6.16. The number of fused-ring (bicyclic) bond motifs is 1. The third-order valence-corrected chi connectivity index (χ3v) is 3.97. The summed E-state index contributed by atoms with van der Waals surface area (Å²) in [5.41, 5.74) is 1.71. The van der Waals surface area contributed by atoms with E-state index in [1.54, 1.807) is 11.3 Å². The third kappa shape index (κ3) is 1.69. The van der Waals surface area contributed by atoms with Gasteiger partial charge in [0.25, 0.3) is 0 Å². The van der Waals surface area contributed by atoms with Gasteiger partial charge >= 0.3 is 5.97 Å². The molecule has 1 aromatic carbocycles. The van der Waals surface area contributed by atoms with E-state index in [2.05, 4.69) is 4.98 Å². The molecule has 0 spiro atoms. The molecule has 1 aliphatic carbocycles. The highest BCUT2D eigenvalue weighted by molar-refractivity contribution is 7.18. The van der Waals surface area contributed by atoms with Crippen molar-refractivity contribution >= 4 is 27.5 Å². The number of hydrogen-bond acceptors (Lipinski definition) is 3. The van der Waals surface area contributed by atoms with Crippen LogP contribution in [0.25, 0.3) is 10.2 Å². The van der Waals surface area contributed by atoms with Crippen molar-refractivity contribution in [2.45, 2.75) is 25.2 Å². The number of carbonyl (C=O) groups is 1. The van der Waals surface area contributed by atoms with Crippen LogP contribution in [-0.2, 0) is 11.2 Å². The second-order valence-corrected chi connectivity index (χ2v) is 5.22. The molecule has 1 aliphatic rings. The average molecular weight is 233 g/mol. The summed E-state index contributed by atoms with van der Waals surface area (Å²) < 4.78 is 1.11. The van der Waals surface area contributed by atoms with Crippen LogP contribution in [-0.4, -0.2) is 16.1 Å². The van der Waals surface area contributed by atoms with Crippen molar-refractivity contribution in [3.63, 3.8) is 0 Å². The Morgan fingerprint density at radius 1 is 1.50 bits per heavy atom. The molecule has 1 aromatic heterocycles. The Hall–Kier alpha value is -1.42. The quantitative estimate of drug-likeness (QED) is 0.886. The van der Waals surface area contributed by atoms with Gasteiger partial charge in [0.05, 0.1) is 21.6 Å². The van der Waals surface area contributed by atoms with Gasteiger partial charge in [-0.15, -0.1) is 11.3 Å². The van der Waals surface area contributed by atoms with Crippen molar-refractivity contribution in [3.8, 4) is 0 Å². The molecule has 16 heavy (non-hydrogen) atoms. The van der Waals surface area contributed by atoms with Crippen LogP contribution >= 0.6 is 11.3 Å². The molecular formula is C12H11NO2S. The highest BCUT2D eigenvalue weighted by atomic mass is 32.1. The SMILES string of the molecule is O=C(O)Cc1cccc2sc(C3CC3)nc12. The zero-order chi connectivity index (χ0) is 11.1. The van der Waals surface area contributed by atoms with Gasteiger partial charge in [-0.25, -0.2) is 4.98 Å². The van der Waals surface area contributed by atoms with E-state index >= 15 is 0 Å². The number of thiazole rings is 1. The average Bonchev–Trinajstić information content (AvgIpc) is 2.98. The molecule has 3 nitrogen and oxygen atoms in total. The fourth-order valence-electron chi connectivity index (χ4n) is 1.83. The zero-order valence-corrected chi connectivity index (χ0v) is 9.46. The van der Waals surface area contributed by atoms with Gasteiger partial charge in [0.1, 0.15) is 0 Å². The van der Waals surface area contributed by atoms with Crippen molar-refractivity contribution in [2.24, 2.45) is 0 Å². The molecule has 1 saturated carbocycles. The maximum Gasteiger partial charge on any atom is 0.307 e. The Morgan fingerprint density at radius 2 is 2.31 bits per heavy atom. The molecule has 1 fully saturated rings. The zero-order valence-electron chi connectivity index (χ0n) is 8.64. The summed E-state index contributed by atoms with van der Waals surface area (Å²) in [6.45, 7) is 0. The smallest absolute Gasteiger partial charge is 0.307 e. The fourth-order valence-corrected chi connectivity index (χ4v) is 3.02. The lowest BCUT2D eigenvalue weighted by atomic mass is 10.1. The van der Waals surface area contributed by atoms with Crippen molar-refractivity contribution in [1.29, 1.82) is 0 Å². The lowest BCUT2D eigenvalue weighted by Crippen LogP contribution is -2.00. The number of benzene rings is 1. The summed E-state index contributed by atoms with van der Waals surface area (Å²) in [5, 5.41) is 10.0. The van der Waals surface area contributed by atoms with Crippen molar-refractivity contribution in [2.75, 3.05) is 0 Å². The number of para-hydroxylation sites is 1. The minimum atomic E-state index is -0.798. The molecule has 3 rings (SSSR count). The highest BCUT2D eigenvalue weighted by Crippen LogP contribution is 2.43. The largest absolute Gasteiger partial charge is 0.481 e. The van der Waals surface area contributed by atoms with Crippen LogP contribution in [0.4, 0.5) is 0 Å². The molecule has 0 aliphatic heterocycles. The molecule has 1 heterocycles. The van der Waals surface area contributed by atoms with E-state index in [1.807, 2.05) is 18.2 Å². The lowest BCUT2D eigenvalue weighted by Gasteiger charge is -1.97. The normalized spacial score (nSPS) is 15.5. The van der Waals surface area contributed by atoms with Crippen LogP contribution in [0, 0.1) is 0 Å². The first-order valence-electron chi connectivity index (χ1n) is 5.34. The lowest BCUT2D eigenvalue weighted by molar-refractivity contribution is -0.136. The van der Waals surface area contributed by atoms with E-state index < -0.39 is 5.97 Å². The number of rotatable bonds is 3. The number of carboxylic acids is 1. The highest BCUT2D eigenvalue weighted by Gasteiger charge is 2.27. The number of hydrogen-bond donors (Lipinski definition) is 1. The molecule has 0 saturated heterocycles. The van der Waals surface area contributed by atoms with Gasteiger partial charge in [-0.2, -0.15) is 0 Å². The molecule has 0 bridgehead atoms. The van der Waals surface area contributed by atoms with Gasteiger partial charge in [0.2, 0.25) is 0 Å². The molecule has 4 heteroatoms. The van der Waals surface area contributed by atoms with Crippen molar-refractivity contribution in [1.82, 2.24) is 4.98 Å². The van der Waals surface area contributed by atoms with Gasteiger partial charge < -0.3 is 5.11 Å². The Kier molecular flexibility index (Phi) is 2.17. The molecule has 0 radical (unpaired) electrons. The van der Waals surface area contributed by atoms with Crippen LogP contribution in [0.5, 0.6) is 0 Å². The van der Waals surface area contributed by atoms with Crippen molar-refractivity contribution in [3.05, 3.63) is 28.8 Å². The summed E-state index contributed by atoms with van der Waals surface area (Å²) in [6.07, 6.45) is 2.52. The number of nitrogens with zero attached hydrogens (tertiary/aromatic N) is 1. The Balaban J connectivity index is 2.09. The minimum Gasteiger partial charge on any atom is -0.481 e. The second kappa shape index (κ2) is 3.56. The van der Waals surface area contributed by atoms with Gasteiger partial charge in [-0.3, -0.25) is 4.79 Å². The van der Waals surface area contributed by atoms with Gasteiger partial charge in [-0.05, 0) is 24.5 Å². The summed E-state index contributed by atoms with van der Waals surface area (Å²) in [7, 11) is 0. The predicted octanol–water partition coefficient (Wildman–Crippen LogP) is 2.80. The number of aromatic nitrogens is 1. The standard InChI is InChI=1S/C12H11NO2S/c14-10(15)6-8-2-1-3-9-11(8)13-12(16-9)7-4-5-7/h1-3,7H,4-6H2,(H,14,15). The molecule has 2 aromatic rings. The summed E-state index contributed by atoms with van der Waals surface area (Å²) in [4.78, 5) is 15.3. The Morgan fingerprint density at radius 3 is 3.00 bits per heavy atom. The van der Waals surface area contributed by atoms with Crippen molar-refractivity contribution < 1.29 is 9.90 Å². The Labute approximate surface area is 96.7 Å². The summed E-state index contributed by atoms with van der Waals surface area (Å²) in [5.74, 6) is -0.163. The van der Waals surface area contributed by atoms with Crippen LogP contribution in [0.15, 0.2) is 18.2 Å². The van der Waals surface area contributed by atoms with E-state index in [1.165, 1.54) is 17.8 Å².